The molecule has 0 N–H and O–H groups in total. The Balaban J connectivity index is 0. The molecule has 0 saturated heterocycles. The summed E-state index contributed by atoms with van der Waals surface area (Å²) in [6.07, 6.45) is 4.21. The van der Waals surface area contributed by atoms with Crippen LogP contribution in [0.5, 0.6) is 0 Å². The fraction of sp³-hybridized carbons (Fsp3) is 0.818. The van der Waals surface area contributed by atoms with E-state index < -0.39 is 0 Å². The molecule has 1 heteroatoms. The van der Waals surface area contributed by atoms with Gasteiger partial charge in [0.25, 0.3) is 0 Å². The minimum Gasteiger partial charge on any atom is -0.382 e. The Morgan fingerprint density at radius 3 is 2.00 bits per heavy atom. The maximum atomic E-state index is 5.05. The molecule has 1 atom stereocenters. The van der Waals surface area contributed by atoms with Crippen molar-refractivity contribution in [2.75, 3.05) is 7.11 Å². The van der Waals surface area contributed by atoms with Crippen molar-refractivity contribution in [3.63, 3.8) is 0 Å². The molecule has 72 valence electrons. The first kappa shape index (κ1) is 14.1. The summed E-state index contributed by atoms with van der Waals surface area (Å²) >= 11 is 0. The second-order valence-electron chi connectivity index (χ2n) is 2.69. The van der Waals surface area contributed by atoms with Crippen molar-refractivity contribution >= 4 is 0 Å². The normalized spacial score (nSPS) is 10.4. The van der Waals surface area contributed by atoms with E-state index in [0.29, 0.717) is 6.10 Å². The number of methoxy groups -OCH3 is 1. The lowest BCUT2D eigenvalue weighted by molar-refractivity contribution is 0.109. The van der Waals surface area contributed by atoms with Crippen LogP contribution >= 0.6 is 0 Å². The maximum absolute atomic E-state index is 5.05. The summed E-state index contributed by atoms with van der Waals surface area (Å²) in [7, 11) is 1.76. The van der Waals surface area contributed by atoms with E-state index >= 15 is 0 Å². The van der Waals surface area contributed by atoms with Gasteiger partial charge < -0.3 is 4.74 Å². The molecule has 0 aliphatic rings. The average Bonchev–Trinajstić information content (AvgIpc) is 2.14. The topological polar surface area (TPSA) is 9.23 Å². The monoisotopic (exact) mass is 170 g/mol. The lowest BCUT2D eigenvalue weighted by atomic mass is 10.2. The van der Waals surface area contributed by atoms with Gasteiger partial charge in [0.1, 0.15) is 0 Å². The standard InChI is InChI=1S/C7H16O.C4H6/c1-4-5-6-7(2)8-3;1-3-4-2/h7H,4-6H2,1-3H3;1-2H3. The number of rotatable bonds is 4. The molecule has 0 heterocycles. The van der Waals surface area contributed by atoms with Crippen LogP contribution in [0.4, 0.5) is 0 Å². The van der Waals surface area contributed by atoms with Gasteiger partial charge in [0.15, 0.2) is 0 Å². The summed E-state index contributed by atoms with van der Waals surface area (Å²) in [5.41, 5.74) is 0. The first-order valence-corrected chi connectivity index (χ1v) is 4.59. The van der Waals surface area contributed by atoms with Crippen molar-refractivity contribution in [2.45, 2.75) is 53.1 Å². The first-order chi connectivity index (χ1) is 5.72. The summed E-state index contributed by atoms with van der Waals surface area (Å²) in [5, 5.41) is 0. The highest BCUT2D eigenvalue weighted by atomic mass is 16.5. The smallest absolute Gasteiger partial charge is 0.0543 e. The van der Waals surface area contributed by atoms with E-state index in [0.717, 1.165) is 0 Å². The van der Waals surface area contributed by atoms with Crippen molar-refractivity contribution in [1.82, 2.24) is 0 Å². The highest BCUT2D eigenvalue weighted by Crippen LogP contribution is 2.01. The van der Waals surface area contributed by atoms with Crippen molar-refractivity contribution < 1.29 is 4.74 Å². The molecule has 0 fully saturated rings. The van der Waals surface area contributed by atoms with Crippen LogP contribution in [0.2, 0.25) is 0 Å². The van der Waals surface area contributed by atoms with Gasteiger partial charge in [0.05, 0.1) is 6.10 Å². The fourth-order valence-electron chi connectivity index (χ4n) is 0.609. The van der Waals surface area contributed by atoms with Gasteiger partial charge in [-0.2, -0.15) is 0 Å². The molecule has 0 spiro atoms. The highest BCUT2D eigenvalue weighted by molar-refractivity contribution is 4.89. The van der Waals surface area contributed by atoms with Crippen LogP contribution in [0.25, 0.3) is 0 Å². The van der Waals surface area contributed by atoms with Crippen LogP contribution in [0.1, 0.15) is 47.0 Å². The second kappa shape index (κ2) is 13.1. The van der Waals surface area contributed by atoms with Crippen LogP contribution in [0, 0.1) is 11.8 Å². The van der Waals surface area contributed by atoms with Crippen LogP contribution in [0.15, 0.2) is 0 Å². The van der Waals surface area contributed by atoms with E-state index in [1.807, 2.05) is 13.8 Å². The molecule has 0 aliphatic heterocycles. The molecule has 0 bridgehead atoms. The molecule has 0 aliphatic carbocycles. The summed E-state index contributed by atoms with van der Waals surface area (Å²) in [6.45, 7) is 7.94. The third-order valence-corrected chi connectivity index (χ3v) is 1.62. The zero-order valence-electron chi connectivity index (χ0n) is 9.11. The Bertz CT molecular complexity index is 113. The first-order valence-electron chi connectivity index (χ1n) is 4.59. The van der Waals surface area contributed by atoms with E-state index in [4.69, 9.17) is 4.74 Å². The molecule has 0 radical (unpaired) electrons. The van der Waals surface area contributed by atoms with Gasteiger partial charge in [-0.05, 0) is 27.2 Å². The molecule has 1 unspecified atom stereocenters. The molecule has 12 heavy (non-hydrogen) atoms. The second-order valence-corrected chi connectivity index (χ2v) is 2.69. The Kier molecular flexibility index (Phi) is 15.4. The Morgan fingerprint density at radius 2 is 1.75 bits per heavy atom. The van der Waals surface area contributed by atoms with Crippen molar-refractivity contribution in [3.05, 3.63) is 0 Å². The Labute approximate surface area is 77.5 Å². The summed E-state index contributed by atoms with van der Waals surface area (Å²) < 4.78 is 5.05. The molecule has 0 saturated carbocycles. The van der Waals surface area contributed by atoms with Crippen LogP contribution in [-0.4, -0.2) is 13.2 Å². The van der Waals surface area contributed by atoms with Crippen LogP contribution in [0.3, 0.4) is 0 Å². The molecule has 0 rings (SSSR count). The minimum absolute atomic E-state index is 0.454. The van der Waals surface area contributed by atoms with Gasteiger partial charge in [0, 0.05) is 7.11 Å². The average molecular weight is 170 g/mol. The van der Waals surface area contributed by atoms with E-state index in [9.17, 15) is 0 Å². The lowest BCUT2D eigenvalue weighted by Gasteiger charge is -2.06. The molecule has 0 aromatic rings. The predicted molar refractivity (Wildman–Crippen MR) is 55.1 cm³/mol. The Morgan fingerprint density at radius 1 is 1.25 bits per heavy atom. The van der Waals surface area contributed by atoms with Gasteiger partial charge >= 0.3 is 0 Å². The number of unbranched alkanes of at least 4 members (excludes halogenated alkanes) is 1. The fourth-order valence-corrected chi connectivity index (χ4v) is 0.609. The van der Waals surface area contributed by atoms with Gasteiger partial charge in [-0.1, -0.05) is 19.8 Å². The molecular weight excluding hydrogens is 148 g/mol. The Hall–Kier alpha value is -0.480. The zero-order chi connectivity index (χ0) is 9.82. The largest absolute Gasteiger partial charge is 0.382 e. The van der Waals surface area contributed by atoms with Crippen molar-refractivity contribution in [2.24, 2.45) is 0 Å². The van der Waals surface area contributed by atoms with Gasteiger partial charge in [0.2, 0.25) is 0 Å². The SMILES string of the molecule is CC#CC.CCCCC(C)OC. The van der Waals surface area contributed by atoms with E-state index in [1.165, 1.54) is 19.3 Å². The molecule has 0 aromatic heterocycles. The third kappa shape index (κ3) is 16.3. The molecule has 1 nitrogen and oxygen atoms in total. The van der Waals surface area contributed by atoms with E-state index in [-0.39, 0.29) is 0 Å². The van der Waals surface area contributed by atoms with Gasteiger partial charge in [-0.3, -0.25) is 0 Å². The number of ether oxygens (including phenoxy) is 1. The van der Waals surface area contributed by atoms with Gasteiger partial charge in [-0.25, -0.2) is 0 Å². The number of hydrogen-bond donors (Lipinski definition) is 0. The zero-order valence-corrected chi connectivity index (χ0v) is 9.11. The quantitative estimate of drug-likeness (QED) is 0.588. The summed E-state index contributed by atoms with van der Waals surface area (Å²) in [4.78, 5) is 0. The third-order valence-electron chi connectivity index (χ3n) is 1.62. The van der Waals surface area contributed by atoms with E-state index in [1.54, 1.807) is 7.11 Å². The maximum Gasteiger partial charge on any atom is 0.0543 e. The minimum atomic E-state index is 0.454. The predicted octanol–water partition coefficient (Wildman–Crippen LogP) is 3.24. The summed E-state index contributed by atoms with van der Waals surface area (Å²) in [5.74, 6) is 5.36. The van der Waals surface area contributed by atoms with Crippen LogP contribution < -0.4 is 0 Å². The van der Waals surface area contributed by atoms with E-state index in [2.05, 4.69) is 25.7 Å². The highest BCUT2D eigenvalue weighted by Gasteiger charge is 1.94. The number of hydrogen-bond acceptors (Lipinski definition) is 1. The van der Waals surface area contributed by atoms with Crippen molar-refractivity contribution in [1.29, 1.82) is 0 Å². The van der Waals surface area contributed by atoms with Crippen LogP contribution in [-0.2, 0) is 4.74 Å². The molecular formula is C11H22O. The lowest BCUT2D eigenvalue weighted by Crippen LogP contribution is -2.02. The van der Waals surface area contributed by atoms with Crippen molar-refractivity contribution in [3.8, 4) is 11.8 Å². The molecule has 0 aromatic carbocycles. The molecule has 0 amide bonds. The summed E-state index contributed by atoms with van der Waals surface area (Å²) in [6, 6.07) is 0. The van der Waals surface area contributed by atoms with Gasteiger partial charge in [-0.15, -0.1) is 11.8 Å².